The third-order valence-corrected chi connectivity index (χ3v) is 4.37. The highest BCUT2D eigenvalue weighted by atomic mass is 35.5. The van der Waals surface area contributed by atoms with Gasteiger partial charge in [0.2, 0.25) is 0 Å². The van der Waals surface area contributed by atoms with Gasteiger partial charge in [-0.3, -0.25) is 4.79 Å². The Bertz CT molecular complexity index is 935. The highest BCUT2D eigenvalue weighted by Crippen LogP contribution is 2.18. The molecule has 2 N–H and O–H groups in total. The number of hydrogen-bond acceptors (Lipinski definition) is 5. The second-order valence-electron chi connectivity index (χ2n) is 6.02. The topological polar surface area (TPSA) is 76.1 Å². The molecule has 0 aliphatic heterocycles. The molecule has 0 saturated heterocycles. The van der Waals surface area contributed by atoms with Crippen LogP contribution in [0.25, 0.3) is 11.4 Å². The van der Waals surface area contributed by atoms with Crippen LogP contribution in [0.1, 0.15) is 16.1 Å². The van der Waals surface area contributed by atoms with E-state index in [1.54, 1.807) is 19.2 Å². The summed E-state index contributed by atoms with van der Waals surface area (Å²) in [5.41, 5.74) is 1.95. The lowest BCUT2D eigenvalue weighted by molar-refractivity contribution is 0.0946. The van der Waals surface area contributed by atoms with E-state index in [0.29, 0.717) is 36.4 Å². The number of ether oxygens (including phenoxy) is 1. The molecular weight excluding hydrogens is 376 g/mol. The summed E-state index contributed by atoms with van der Waals surface area (Å²) in [5.74, 6) is 0.744. The average Bonchev–Trinajstić information content (AvgIpc) is 2.73. The first-order chi connectivity index (χ1) is 13.7. The number of rotatable bonds is 8. The number of hydrogen-bond donors (Lipinski definition) is 2. The van der Waals surface area contributed by atoms with Gasteiger partial charge in [-0.1, -0.05) is 60.1 Å². The summed E-state index contributed by atoms with van der Waals surface area (Å²) >= 11 is 6.16. The Morgan fingerprint density at radius 3 is 2.57 bits per heavy atom. The maximum absolute atomic E-state index is 12.7. The highest BCUT2D eigenvalue weighted by molar-refractivity contribution is 6.31. The predicted octanol–water partition coefficient (Wildman–Crippen LogP) is 3.79. The van der Waals surface area contributed by atoms with Crippen LogP contribution in [0.15, 0.2) is 60.7 Å². The molecule has 0 saturated carbocycles. The van der Waals surface area contributed by atoms with Crippen molar-refractivity contribution in [1.29, 1.82) is 0 Å². The van der Waals surface area contributed by atoms with Crippen LogP contribution in [0.5, 0.6) is 0 Å². The molecule has 1 aromatic heterocycles. The van der Waals surface area contributed by atoms with Crippen molar-refractivity contribution in [2.45, 2.75) is 6.54 Å². The molecule has 0 aliphatic carbocycles. The van der Waals surface area contributed by atoms with Crippen molar-refractivity contribution in [3.63, 3.8) is 0 Å². The lowest BCUT2D eigenvalue weighted by atomic mass is 10.2. The van der Waals surface area contributed by atoms with E-state index in [1.807, 2.05) is 48.5 Å². The molecule has 1 amide bonds. The van der Waals surface area contributed by atoms with E-state index in [-0.39, 0.29) is 11.6 Å². The first-order valence-electron chi connectivity index (χ1n) is 8.86. The molecule has 3 aromatic rings. The van der Waals surface area contributed by atoms with Gasteiger partial charge in [-0.25, -0.2) is 9.97 Å². The van der Waals surface area contributed by atoms with Gasteiger partial charge in [0.25, 0.3) is 5.91 Å². The third-order valence-electron chi connectivity index (χ3n) is 4.00. The molecule has 0 spiro atoms. The summed E-state index contributed by atoms with van der Waals surface area (Å²) in [6, 6.07) is 18.5. The number of halogens is 1. The number of amides is 1. The van der Waals surface area contributed by atoms with E-state index in [9.17, 15) is 4.79 Å². The highest BCUT2D eigenvalue weighted by Gasteiger charge is 2.13. The molecule has 28 heavy (non-hydrogen) atoms. The van der Waals surface area contributed by atoms with E-state index < -0.39 is 0 Å². The van der Waals surface area contributed by atoms with Crippen molar-refractivity contribution in [1.82, 2.24) is 15.3 Å². The van der Waals surface area contributed by atoms with Gasteiger partial charge in [-0.2, -0.15) is 0 Å². The SMILES string of the molecule is COCCNc1cc(C(=O)NCc2ccccc2Cl)nc(-c2ccccc2)n1. The molecule has 144 valence electrons. The molecule has 7 heteroatoms. The van der Waals surface area contributed by atoms with Crippen molar-refractivity contribution in [2.24, 2.45) is 0 Å². The Morgan fingerprint density at radius 1 is 1.07 bits per heavy atom. The van der Waals surface area contributed by atoms with Gasteiger partial charge < -0.3 is 15.4 Å². The molecule has 0 bridgehead atoms. The van der Waals surface area contributed by atoms with E-state index >= 15 is 0 Å². The number of anilines is 1. The van der Waals surface area contributed by atoms with Crippen molar-refractivity contribution >= 4 is 23.3 Å². The van der Waals surface area contributed by atoms with Gasteiger partial charge in [-0.15, -0.1) is 0 Å². The predicted molar refractivity (Wildman–Crippen MR) is 110 cm³/mol. The Labute approximate surface area is 168 Å². The Hall–Kier alpha value is -2.96. The number of nitrogens with one attached hydrogen (secondary N) is 2. The van der Waals surface area contributed by atoms with Crippen LogP contribution < -0.4 is 10.6 Å². The number of aromatic nitrogens is 2. The van der Waals surface area contributed by atoms with Crippen LogP contribution in [0.4, 0.5) is 5.82 Å². The molecule has 0 atom stereocenters. The fourth-order valence-corrected chi connectivity index (χ4v) is 2.76. The monoisotopic (exact) mass is 396 g/mol. The number of nitrogens with zero attached hydrogens (tertiary/aromatic N) is 2. The molecule has 0 unspecified atom stereocenters. The normalized spacial score (nSPS) is 10.5. The van der Waals surface area contributed by atoms with Crippen LogP contribution in [-0.2, 0) is 11.3 Å². The fourth-order valence-electron chi connectivity index (χ4n) is 2.56. The molecule has 1 heterocycles. The lowest BCUT2D eigenvalue weighted by Gasteiger charge is -2.11. The number of carbonyl (C=O) groups excluding carboxylic acids is 1. The lowest BCUT2D eigenvalue weighted by Crippen LogP contribution is -2.24. The van der Waals surface area contributed by atoms with Crippen LogP contribution in [-0.4, -0.2) is 36.1 Å². The first-order valence-corrected chi connectivity index (χ1v) is 9.24. The second kappa shape index (κ2) is 9.82. The Balaban J connectivity index is 1.82. The van der Waals surface area contributed by atoms with Gasteiger partial charge >= 0.3 is 0 Å². The molecule has 0 radical (unpaired) electrons. The third kappa shape index (κ3) is 5.28. The second-order valence-corrected chi connectivity index (χ2v) is 6.43. The maximum atomic E-state index is 12.7. The van der Waals surface area contributed by atoms with Gasteiger partial charge in [0, 0.05) is 36.9 Å². The minimum Gasteiger partial charge on any atom is -0.383 e. The summed E-state index contributed by atoms with van der Waals surface area (Å²) in [4.78, 5) is 21.6. The molecular formula is C21H21ClN4O2. The van der Waals surface area contributed by atoms with Crippen LogP contribution in [0.3, 0.4) is 0 Å². The molecule has 2 aromatic carbocycles. The summed E-state index contributed by atoms with van der Waals surface area (Å²) in [5, 5.41) is 6.63. The van der Waals surface area contributed by atoms with E-state index in [0.717, 1.165) is 11.1 Å². The van der Waals surface area contributed by atoms with Gasteiger partial charge in [0.1, 0.15) is 11.5 Å². The van der Waals surface area contributed by atoms with E-state index in [1.165, 1.54) is 0 Å². The Morgan fingerprint density at radius 2 is 1.82 bits per heavy atom. The summed E-state index contributed by atoms with van der Waals surface area (Å²) in [6.45, 7) is 1.41. The number of benzene rings is 2. The van der Waals surface area contributed by atoms with E-state index in [2.05, 4.69) is 20.6 Å². The molecule has 0 aliphatic rings. The van der Waals surface area contributed by atoms with Gasteiger partial charge in [0.05, 0.1) is 6.61 Å². The van der Waals surface area contributed by atoms with Crippen molar-refractivity contribution in [3.05, 3.63) is 76.9 Å². The fraction of sp³-hybridized carbons (Fsp3) is 0.190. The smallest absolute Gasteiger partial charge is 0.270 e. The first kappa shape index (κ1) is 19.8. The van der Waals surface area contributed by atoms with Crippen molar-refractivity contribution in [3.8, 4) is 11.4 Å². The standard InChI is InChI=1S/C21H21ClN4O2/c1-28-12-11-23-19-13-18(25-20(26-19)15-7-3-2-4-8-15)21(27)24-14-16-9-5-6-10-17(16)22/h2-10,13H,11-12,14H2,1H3,(H,24,27)(H,23,25,26). The minimum absolute atomic E-state index is 0.279. The Kier molecular flexibility index (Phi) is 6.94. The molecule has 6 nitrogen and oxygen atoms in total. The zero-order valence-corrected chi connectivity index (χ0v) is 16.2. The maximum Gasteiger partial charge on any atom is 0.270 e. The van der Waals surface area contributed by atoms with Crippen molar-refractivity contribution < 1.29 is 9.53 Å². The molecule has 0 fully saturated rings. The quantitative estimate of drug-likeness (QED) is 0.566. The van der Waals surface area contributed by atoms with Gasteiger partial charge in [-0.05, 0) is 11.6 Å². The zero-order chi connectivity index (χ0) is 19.8. The van der Waals surface area contributed by atoms with E-state index in [4.69, 9.17) is 16.3 Å². The number of carbonyl (C=O) groups is 1. The van der Waals surface area contributed by atoms with Gasteiger partial charge in [0.15, 0.2) is 5.82 Å². The summed E-state index contributed by atoms with van der Waals surface area (Å²) < 4.78 is 5.06. The zero-order valence-electron chi connectivity index (χ0n) is 15.5. The minimum atomic E-state index is -0.297. The summed E-state index contributed by atoms with van der Waals surface area (Å²) in [7, 11) is 1.63. The van der Waals surface area contributed by atoms with Crippen LogP contribution in [0, 0.1) is 0 Å². The molecule has 3 rings (SSSR count). The van der Waals surface area contributed by atoms with Crippen LogP contribution in [0.2, 0.25) is 5.02 Å². The van der Waals surface area contributed by atoms with Crippen molar-refractivity contribution in [2.75, 3.05) is 25.6 Å². The van der Waals surface area contributed by atoms with Crippen LogP contribution >= 0.6 is 11.6 Å². The number of methoxy groups -OCH3 is 1. The average molecular weight is 397 g/mol. The largest absolute Gasteiger partial charge is 0.383 e. The summed E-state index contributed by atoms with van der Waals surface area (Å²) in [6.07, 6.45) is 0.